The van der Waals surface area contributed by atoms with E-state index < -0.39 is 0 Å². The van der Waals surface area contributed by atoms with Crippen LogP contribution in [0.1, 0.15) is 51.4 Å². The molecule has 0 amide bonds. The Morgan fingerprint density at radius 2 is 2.14 bits per heavy atom. The molecule has 14 heavy (non-hydrogen) atoms. The largest absolute Gasteiger partial charge is 0.378 e. The first-order valence-corrected chi connectivity index (χ1v) is 7.14. The molecule has 2 aliphatic rings. The molecular weight excluding hydrogens is 240 g/mol. The molecule has 1 saturated carbocycles. The highest BCUT2D eigenvalue weighted by Gasteiger charge is 2.35. The maximum atomic E-state index is 5.64. The molecule has 1 aliphatic heterocycles. The van der Waals surface area contributed by atoms with Crippen molar-refractivity contribution in [2.45, 2.75) is 57.5 Å². The molecule has 2 rings (SSSR count). The second kappa shape index (κ2) is 4.98. The second-order valence-corrected chi connectivity index (χ2v) is 5.58. The number of hydrogen-bond donors (Lipinski definition) is 0. The number of ether oxygens (including phenoxy) is 1. The van der Waals surface area contributed by atoms with Crippen LogP contribution in [0.3, 0.4) is 0 Å². The van der Waals surface area contributed by atoms with Gasteiger partial charge in [0.25, 0.3) is 0 Å². The minimum absolute atomic E-state index is 0.599. The fourth-order valence-electron chi connectivity index (χ4n) is 2.70. The summed E-state index contributed by atoms with van der Waals surface area (Å²) in [5, 5.41) is 1.21. The van der Waals surface area contributed by atoms with Gasteiger partial charge in [-0.3, -0.25) is 0 Å². The molecule has 1 nitrogen and oxygen atoms in total. The van der Waals surface area contributed by atoms with E-state index in [9.17, 15) is 0 Å². The van der Waals surface area contributed by atoms with Gasteiger partial charge in [0, 0.05) is 11.9 Å². The van der Waals surface area contributed by atoms with Crippen LogP contribution in [0.15, 0.2) is 0 Å². The van der Waals surface area contributed by atoms with Gasteiger partial charge in [0.15, 0.2) is 0 Å². The van der Waals surface area contributed by atoms with Gasteiger partial charge in [-0.15, -0.1) is 0 Å². The van der Waals surface area contributed by atoms with Gasteiger partial charge in [-0.25, -0.2) is 0 Å². The molecule has 1 saturated heterocycles. The van der Waals surface area contributed by atoms with Crippen LogP contribution in [0.25, 0.3) is 0 Å². The number of hydrogen-bond acceptors (Lipinski definition) is 1. The molecular formula is C12H21BrO. The fraction of sp³-hybridized carbons (Fsp3) is 1.00. The molecule has 0 radical (unpaired) electrons. The summed E-state index contributed by atoms with van der Waals surface area (Å²) >= 11 is 3.67. The van der Waals surface area contributed by atoms with Crippen molar-refractivity contribution >= 4 is 15.9 Å². The van der Waals surface area contributed by atoms with Crippen LogP contribution in [0.2, 0.25) is 0 Å². The van der Waals surface area contributed by atoms with Crippen molar-refractivity contribution in [2.75, 3.05) is 11.9 Å². The van der Waals surface area contributed by atoms with Crippen molar-refractivity contribution in [1.82, 2.24) is 0 Å². The lowest BCUT2D eigenvalue weighted by molar-refractivity contribution is 0.0897. The normalized spacial score (nSPS) is 30.2. The average molecular weight is 261 g/mol. The number of rotatable bonds is 5. The van der Waals surface area contributed by atoms with Gasteiger partial charge >= 0.3 is 0 Å². The molecule has 2 heteroatoms. The molecule has 2 fully saturated rings. The van der Waals surface area contributed by atoms with E-state index in [-0.39, 0.29) is 0 Å². The average Bonchev–Trinajstić information content (AvgIpc) is 2.62. The molecule has 82 valence electrons. The molecule has 0 N–H and O–H groups in total. The summed E-state index contributed by atoms with van der Waals surface area (Å²) in [6, 6.07) is 0. The van der Waals surface area contributed by atoms with Crippen molar-refractivity contribution < 1.29 is 4.74 Å². The lowest BCUT2D eigenvalue weighted by Gasteiger charge is -2.41. The van der Waals surface area contributed by atoms with Gasteiger partial charge in [-0.2, -0.15) is 0 Å². The minimum Gasteiger partial charge on any atom is -0.378 e. The Hall–Kier alpha value is 0.440. The van der Waals surface area contributed by atoms with Crippen molar-refractivity contribution in [2.24, 2.45) is 5.41 Å². The van der Waals surface area contributed by atoms with Crippen LogP contribution < -0.4 is 0 Å². The Morgan fingerprint density at radius 1 is 1.29 bits per heavy atom. The summed E-state index contributed by atoms with van der Waals surface area (Å²) < 4.78 is 5.64. The Kier molecular flexibility index (Phi) is 3.89. The standard InChI is InChI=1S/C12H21BrO/c13-10-12(7-3-8-12)6-1-4-11-5-2-9-14-11/h11H,1-10H2. The molecule has 0 bridgehead atoms. The maximum absolute atomic E-state index is 5.64. The van der Waals surface area contributed by atoms with E-state index in [1.54, 1.807) is 0 Å². The van der Waals surface area contributed by atoms with Crippen molar-refractivity contribution in [1.29, 1.82) is 0 Å². The van der Waals surface area contributed by atoms with E-state index in [2.05, 4.69) is 15.9 Å². The Balaban J connectivity index is 1.61. The summed E-state index contributed by atoms with van der Waals surface area (Å²) in [5.74, 6) is 0. The smallest absolute Gasteiger partial charge is 0.0576 e. The SMILES string of the molecule is BrCC1(CCCC2CCCO2)CCC1. The Labute approximate surface area is 95.7 Å². The van der Waals surface area contributed by atoms with E-state index in [1.807, 2.05) is 0 Å². The first-order chi connectivity index (χ1) is 6.85. The van der Waals surface area contributed by atoms with Gasteiger partial charge < -0.3 is 4.74 Å². The summed E-state index contributed by atoms with van der Waals surface area (Å²) in [6.07, 6.45) is 11.6. The van der Waals surface area contributed by atoms with Gasteiger partial charge in [0.2, 0.25) is 0 Å². The summed E-state index contributed by atoms with van der Waals surface area (Å²) in [5.41, 5.74) is 0.679. The van der Waals surface area contributed by atoms with Crippen LogP contribution in [-0.2, 0) is 4.74 Å². The van der Waals surface area contributed by atoms with E-state index in [1.165, 1.54) is 56.7 Å². The van der Waals surface area contributed by atoms with E-state index in [0.717, 1.165) is 6.61 Å². The molecule has 1 heterocycles. The Morgan fingerprint density at radius 3 is 2.64 bits per heavy atom. The molecule has 0 aromatic heterocycles. The van der Waals surface area contributed by atoms with Crippen LogP contribution in [0, 0.1) is 5.41 Å². The zero-order chi connectivity index (χ0) is 9.86. The lowest BCUT2D eigenvalue weighted by Crippen LogP contribution is -2.31. The molecule has 0 aromatic rings. The maximum Gasteiger partial charge on any atom is 0.0576 e. The fourth-order valence-corrected chi connectivity index (χ4v) is 3.55. The number of halogens is 1. The van der Waals surface area contributed by atoms with Crippen LogP contribution >= 0.6 is 15.9 Å². The van der Waals surface area contributed by atoms with Gasteiger partial charge in [-0.05, 0) is 43.9 Å². The predicted molar refractivity (Wildman–Crippen MR) is 62.9 cm³/mol. The Bertz CT molecular complexity index is 166. The van der Waals surface area contributed by atoms with Crippen molar-refractivity contribution in [3.8, 4) is 0 Å². The number of alkyl halides is 1. The third-order valence-corrected chi connectivity index (χ3v) is 5.14. The zero-order valence-corrected chi connectivity index (χ0v) is 10.5. The highest BCUT2D eigenvalue weighted by atomic mass is 79.9. The van der Waals surface area contributed by atoms with Gasteiger partial charge in [0.05, 0.1) is 6.10 Å². The van der Waals surface area contributed by atoms with Crippen LogP contribution in [-0.4, -0.2) is 18.0 Å². The predicted octanol–water partition coefficient (Wildman–Crippen LogP) is 3.90. The molecule has 0 spiro atoms. The topological polar surface area (TPSA) is 9.23 Å². The second-order valence-electron chi connectivity index (χ2n) is 5.01. The quantitative estimate of drug-likeness (QED) is 0.682. The van der Waals surface area contributed by atoms with Gasteiger partial charge in [-0.1, -0.05) is 28.8 Å². The van der Waals surface area contributed by atoms with Crippen LogP contribution in [0.4, 0.5) is 0 Å². The first kappa shape index (κ1) is 10.9. The van der Waals surface area contributed by atoms with E-state index in [4.69, 9.17) is 4.74 Å². The van der Waals surface area contributed by atoms with Crippen LogP contribution in [0.5, 0.6) is 0 Å². The van der Waals surface area contributed by atoms with Gasteiger partial charge in [0.1, 0.15) is 0 Å². The third-order valence-electron chi connectivity index (χ3n) is 3.95. The summed E-state index contributed by atoms with van der Waals surface area (Å²) in [6.45, 7) is 1.01. The molecule has 0 aromatic carbocycles. The van der Waals surface area contributed by atoms with Crippen molar-refractivity contribution in [3.63, 3.8) is 0 Å². The highest BCUT2D eigenvalue weighted by molar-refractivity contribution is 9.09. The third kappa shape index (κ3) is 2.52. The van der Waals surface area contributed by atoms with E-state index in [0.29, 0.717) is 11.5 Å². The van der Waals surface area contributed by atoms with E-state index >= 15 is 0 Å². The first-order valence-electron chi connectivity index (χ1n) is 6.02. The monoisotopic (exact) mass is 260 g/mol. The zero-order valence-electron chi connectivity index (χ0n) is 8.93. The lowest BCUT2D eigenvalue weighted by atomic mass is 9.67. The van der Waals surface area contributed by atoms with Crippen molar-refractivity contribution in [3.05, 3.63) is 0 Å². The molecule has 1 unspecified atom stereocenters. The molecule has 1 atom stereocenters. The minimum atomic E-state index is 0.599. The summed E-state index contributed by atoms with van der Waals surface area (Å²) in [7, 11) is 0. The summed E-state index contributed by atoms with van der Waals surface area (Å²) in [4.78, 5) is 0. The molecule has 1 aliphatic carbocycles. The highest BCUT2D eigenvalue weighted by Crippen LogP contribution is 2.46.